The second-order valence-electron chi connectivity index (χ2n) is 5.75. The van der Waals surface area contributed by atoms with Crippen molar-refractivity contribution in [3.8, 4) is 11.5 Å². The van der Waals surface area contributed by atoms with E-state index < -0.39 is 0 Å². The van der Waals surface area contributed by atoms with E-state index in [0.717, 1.165) is 11.1 Å². The van der Waals surface area contributed by atoms with Crippen molar-refractivity contribution in [2.75, 3.05) is 7.11 Å². The molecule has 3 aromatic carbocycles. The number of carbonyl (C=O) groups excluding carboxylic acids is 1. The summed E-state index contributed by atoms with van der Waals surface area (Å²) in [5.74, 6) is 0.983. The number of methoxy groups -OCH3 is 1. The van der Waals surface area contributed by atoms with Crippen LogP contribution in [0.4, 0.5) is 0 Å². The first-order valence-corrected chi connectivity index (χ1v) is 8.49. The van der Waals surface area contributed by atoms with Crippen molar-refractivity contribution in [3.63, 3.8) is 0 Å². The molecule has 0 saturated heterocycles. The van der Waals surface area contributed by atoms with Gasteiger partial charge in [0.25, 0.3) is 5.91 Å². The number of hydrazone groups is 1. The quantitative estimate of drug-likeness (QED) is 0.511. The third-order valence-corrected chi connectivity index (χ3v) is 3.84. The summed E-state index contributed by atoms with van der Waals surface area (Å²) in [6.45, 7) is 0.433. The second kappa shape index (κ2) is 9.20. The fourth-order valence-corrected chi connectivity index (χ4v) is 2.44. The van der Waals surface area contributed by atoms with Crippen LogP contribution >= 0.6 is 0 Å². The van der Waals surface area contributed by atoms with Crippen molar-refractivity contribution in [2.45, 2.75) is 6.61 Å². The molecule has 0 radical (unpaired) electrons. The lowest BCUT2D eigenvalue weighted by Gasteiger charge is -2.11. The Bertz CT molecular complexity index is 909. The zero-order chi connectivity index (χ0) is 18.9. The lowest BCUT2D eigenvalue weighted by Crippen LogP contribution is -2.17. The lowest BCUT2D eigenvalue weighted by molar-refractivity contribution is 0.0955. The van der Waals surface area contributed by atoms with E-state index in [1.807, 2.05) is 48.5 Å². The summed E-state index contributed by atoms with van der Waals surface area (Å²) in [6.07, 6.45) is 1.57. The van der Waals surface area contributed by atoms with Crippen molar-refractivity contribution in [1.82, 2.24) is 5.43 Å². The maximum atomic E-state index is 12.0. The van der Waals surface area contributed by atoms with Gasteiger partial charge in [-0.2, -0.15) is 5.10 Å². The summed E-state index contributed by atoms with van der Waals surface area (Å²) >= 11 is 0. The van der Waals surface area contributed by atoms with E-state index >= 15 is 0 Å². The Morgan fingerprint density at radius 3 is 2.37 bits per heavy atom. The predicted octanol–water partition coefficient (Wildman–Crippen LogP) is 4.04. The van der Waals surface area contributed by atoms with Crippen LogP contribution in [0.15, 0.2) is 84.0 Å². The number of hydrogen-bond donors (Lipinski definition) is 1. The third-order valence-electron chi connectivity index (χ3n) is 3.84. The molecule has 0 saturated carbocycles. The monoisotopic (exact) mass is 360 g/mol. The minimum Gasteiger partial charge on any atom is -0.493 e. The zero-order valence-corrected chi connectivity index (χ0v) is 15.0. The van der Waals surface area contributed by atoms with Crippen LogP contribution in [0.1, 0.15) is 21.5 Å². The third kappa shape index (κ3) is 5.19. The summed E-state index contributed by atoms with van der Waals surface area (Å²) in [6, 6.07) is 24.3. The molecule has 0 unspecified atom stereocenters. The molecular weight excluding hydrogens is 340 g/mol. The molecule has 5 heteroatoms. The Balaban J connectivity index is 1.66. The van der Waals surface area contributed by atoms with Gasteiger partial charge in [-0.15, -0.1) is 0 Å². The summed E-state index contributed by atoms with van der Waals surface area (Å²) in [5, 5.41) is 4.01. The molecule has 0 atom stereocenters. The van der Waals surface area contributed by atoms with Gasteiger partial charge >= 0.3 is 0 Å². The highest BCUT2D eigenvalue weighted by atomic mass is 16.5. The van der Waals surface area contributed by atoms with Crippen molar-refractivity contribution in [2.24, 2.45) is 5.10 Å². The normalized spacial score (nSPS) is 10.6. The first kappa shape index (κ1) is 18.2. The number of nitrogens with one attached hydrogen (secondary N) is 1. The molecule has 0 bridgehead atoms. The lowest BCUT2D eigenvalue weighted by atomic mass is 10.2. The molecule has 0 aliphatic carbocycles. The molecule has 136 valence electrons. The van der Waals surface area contributed by atoms with Crippen LogP contribution in [0.5, 0.6) is 11.5 Å². The molecule has 1 amide bonds. The first-order valence-electron chi connectivity index (χ1n) is 8.49. The van der Waals surface area contributed by atoms with Gasteiger partial charge in [-0.25, -0.2) is 5.43 Å². The number of hydrogen-bond acceptors (Lipinski definition) is 4. The molecule has 3 rings (SSSR count). The highest BCUT2D eigenvalue weighted by Crippen LogP contribution is 2.28. The van der Waals surface area contributed by atoms with Gasteiger partial charge in [-0.3, -0.25) is 4.79 Å². The summed E-state index contributed by atoms with van der Waals surface area (Å²) in [7, 11) is 1.60. The highest BCUT2D eigenvalue weighted by Gasteiger charge is 2.06. The van der Waals surface area contributed by atoms with Crippen molar-refractivity contribution in [3.05, 3.63) is 95.6 Å². The van der Waals surface area contributed by atoms with Crippen LogP contribution in [0.2, 0.25) is 0 Å². The van der Waals surface area contributed by atoms with Gasteiger partial charge in [0.05, 0.1) is 13.3 Å². The number of carbonyl (C=O) groups is 1. The number of nitrogens with zero attached hydrogens (tertiary/aromatic N) is 1. The maximum absolute atomic E-state index is 12.0. The molecule has 0 fully saturated rings. The SMILES string of the molecule is COc1ccc(C=NNC(=O)c2ccccc2)cc1OCc1ccccc1. The van der Waals surface area contributed by atoms with Gasteiger partial charge in [-0.1, -0.05) is 48.5 Å². The van der Waals surface area contributed by atoms with Gasteiger partial charge in [0.2, 0.25) is 0 Å². The number of amides is 1. The van der Waals surface area contributed by atoms with Gasteiger partial charge in [0.15, 0.2) is 11.5 Å². The van der Waals surface area contributed by atoms with Gasteiger partial charge in [0, 0.05) is 5.56 Å². The molecule has 0 spiro atoms. The smallest absolute Gasteiger partial charge is 0.271 e. The van der Waals surface area contributed by atoms with Crippen molar-refractivity contribution in [1.29, 1.82) is 0 Å². The molecule has 27 heavy (non-hydrogen) atoms. The Hall–Kier alpha value is -3.60. The Kier molecular flexibility index (Phi) is 6.20. The van der Waals surface area contributed by atoms with Crippen molar-refractivity contribution >= 4 is 12.1 Å². The van der Waals surface area contributed by atoms with Gasteiger partial charge in [-0.05, 0) is 41.5 Å². The molecule has 1 N–H and O–H groups in total. The predicted molar refractivity (Wildman–Crippen MR) is 105 cm³/mol. The maximum Gasteiger partial charge on any atom is 0.271 e. The minimum absolute atomic E-state index is 0.263. The van der Waals surface area contributed by atoms with Crippen molar-refractivity contribution < 1.29 is 14.3 Å². The largest absolute Gasteiger partial charge is 0.493 e. The Morgan fingerprint density at radius 2 is 1.67 bits per heavy atom. The summed E-state index contributed by atoms with van der Waals surface area (Å²) < 4.78 is 11.2. The van der Waals surface area contributed by atoms with Gasteiger partial charge in [0.1, 0.15) is 6.61 Å². The zero-order valence-electron chi connectivity index (χ0n) is 15.0. The molecule has 0 aliphatic heterocycles. The number of rotatable bonds is 7. The number of ether oxygens (including phenoxy) is 2. The standard InChI is InChI=1S/C22H20N2O3/c1-26-20-13-12-18(14-21(20)27-16-17-8-4-2-5-9-17)15-23-24-22(25)19-10-6-3-7-11-19/h2-15H,16H2,1H3,(H,24,25). The van der Waals surface area contributed by atoms with E-state index in [-0.39, 0.29) is 5.91 Å². The van der Waals surface area contributed by atoms with Crippen LogP contribution < -0.4 is 14.9 Å². The Morgan fingerprint density at radius 1 is 0.963 bits per heavy atom. The molecule has 0 aromatic heterocycles. The van der Waals surface area contributed by atoms with Crippen LogP contribution in [-0.4, -0.2) is 19.2 Å². The molecule has 3 aromatic rings. The van der Waals surface area contributed by atoms with E-state index in [1.54, 1.807) is 43.7 Å². The molecule has 5 nitrogen and oxygen atoms in total. The highest BCUT2D eigenvalue weighted by molar-refractivity contribution is 5.94. The van der Waals surface area contributed by atoms with Crippen LogP contribution in [0.3, 0.4) is 0 Å². The van der Waals surface area contributed by atoms with E-state index in [1.165, 1.54) is 0 Å². The van der Waals surface area contributed by atoms with Crippen LogP contribution in [0, 0.1) is 0 Å². The first-order chi connectivity index (χ1) is 13.3. The van der Waals surface area contributed by atoms with E-state index in [4.69, 9.17) is 9.47 Å². The van der Waals surface area contributed by atoms with E-state index in [0.29, 0.717) is 23.7 Å². The molecule has 0 aliphatic rings. The average Bonchev–Trinajstić information content (AvgIpc) is 2.73. The van der Waals surface area contributed by atoms with E-state index in [9.17, 15) is 4.79 Å². The fraction of sp³-hybridized carbons (Fsp3) is 0.0909. The minimum atomic E-state index is -0.263. The second-order valence-corrected chi connectivity index (χ2v) is 5.75. The van der Waals surface area contributed by atoms with Crippen LogP contribution in [-0.2, 0) is 6.61 Å². The Labute approximate surface area is 158 Å². The summed E-state index contributed by atoms with van der Waals surface area (Å²) in [4.78, 5) is 12.0. The molecular formula is C22H20N2O3. The topological polar surface area (TPSA) is 59.9 Å². The average molecular weight is 360 g/mol. The van der Waals surface area contributed by atoms with E-state index in [2.05, 4.69) is 10.5 Å². The number of benzene rings is 3. The van der Waals surface area contributed by atoms with Gasteiger partial charge < -0.3 is 9.47 Å². The fourth-order valence-electron chi connectivity index (χ4n) is 2.44. The van der Waals surface area contributed by atoms with Crippen LogP contribution in [0.25, 0.3) is 0 Å². The molecule has 0 heterocycles. The summed E-state index contributed by atoms with van der Waals surface area (Å²) in [5.41, 5.74) is 4.91.